The van der Waals surface area contributed by atoms with Crippen molar-refractivity contribution >= 4 is 5.91 Å². The number of carbonyl (C=O) groups excluding carboxylic acids is 1. The normalized spacial score (nSPS) is 11.7. The quantitative estimate of drug-likeness (QED) is 0.833. The van der Waals surface area contributed by atoms with Gasteiger partial charge in [0.2, 0.25) is 5.91 Å². The summed E-state index contributed by atoms with van der Waals surface area (Å²) in [6, 6.07) is 9.04. The minimum Gasteiger partial charge on any atom is -0.493 e. The molecular formula is C19H21F2NO3. The molecule has 1 amide bonds. The van der Waals surface area contributed by atoms with Crippen LogP contribution in [0.2, 0.25) is 0 Å². The maximum atomic E-state index is 13.6. The number of ether oxygens (including phenoxy) is 2. The van der Waals surface area contributed by atoms with Gasteiger partial charge >= 0.3 is 0 Å². The number of hydrogen-bond donors (Lipinski definition) is 1. The molecule has 0 aromatic heterocycles. The number of hydrogen-bond acceptors (Lipinski definition) is 3. The highest BCUT2D eigenvalue weighted by Gasteiger charge is 2.16. The van der Waals surface area contributed by atoms with E-state index in [2.05, 4.69) is 5.32 Å². The van der Waals surface area contributed by atoms with Crippen LogP contribution in [0.15, 0.2) is 36.4 Å². The van der Waals surface area contributed by atoms with Gasteiger partial charge in [0.1, 0.15) is 11.6 Å². The van der Waals surface area contributed by atoms with E-state index in [9.17, 15) is 13.6 Å². The van der Waals surface area contributed by atoms with Crippen LogP contribution in [0, 0.1) is 17.6 Å². The molecule has 6 heteroatoms. The molecule has 1 atom stereocenters. The second kappa shape index (κ2) is 8.46. The molecule has 4 nitrogen and oxygen atoms in total. The van der Waals surface area contributed by atoms with Crippen LogP contribution < -0.4 is 14.8 Å². The Morgan fingerprint density at radius 1 is 1.08 bits per heavy atom. The van der Waals surface area contributed by atoms with Gasteiger partial charge in [-0.2, -0.15) is 0 Å². The molecule has 2 aromatic rings. The second-order valence-corrected chi connectivity index (χ2v) is 5.71. The van der Waals surface area contributed by atoms with E-state index < -0.39 is 11.6 Å². The van der Waals surface area contributed by atoms with Crippen LogP contribution >= 0.6 is 0 Å². The van der Waals surface area contributed by atoms with E-state index in [4.69, 9.17) is 9.47 Å². The van der Waals surface area contributed by atoms with Crippen LogP contribution in [0.4, 0.5) is 8.78 Å². The van der Waals surface area contributed by atoms with Crippen LogP contribution in [0.5, 0.6) is 11.5 Å². The number of halogens is 2. The van der Waals surface area contributed by atoms with Gasteiger partial charge in [-0.15, -0.1) is 0 Å². The van der Waals surface area contributed by atoms with Crippen molar-refractivity contribution in [2.24, 2.45) is 5.92 Å². The van der Waals surface area contributed by atoms with Crippen molar-refractivity contribution in [3.63, 3.8) is 0 Å². The molecule has 0 radical (unpaired) electrons. The van der Waals surface area contributed by atoms with Gasteiger partial charge < -0.3 is 14.8 Å². The minimum atomic E-state index is -0.673. The standard InChI is InChI=1S/C19H21F2NO3/c1-12(9-13-7-8-17(24-2)18(10-13)25-3)19(23)22-11-14-15(20)5-4-6-16(14)21/h4-8,10,12H,9,11H2,1-3H3,(H,22,23). The third-order valence-electron chi connectivity index (χ3n) is 3.94. The monoisotopic (exact) mass is 349 g/mol. The zero-order chi connectivity index (χ0) is 18.4. The lowest BCUT2D eigenvalue weighted by Crippen LogP contribution is -2.30. The maximum Gasteiger partial charge on any atom is 0.223 e. The average Bonchev–Trinajstić information content (AvgIpc) is 2.60. The predicted octanol–water partition coefficient (Wildman–Crippen LogP) is 3.48. The Kier molecular flexibility index (Phi) is 6.33. The number of carbonyl (C=O) groups is 1. The van der Waals surface area contributed by atoms with Crippen LogP contribution in [0.1, 0.15) is 18.1 Å². The molecule has 1 unspecified atom stereocenters. The van der Waals surface area contributed by atoms with E-state index in [1.807, 2.05) is 6.07 Å². The molecule has 0 saturated heterocycles. The Balaban J connectivity index is 1.98. The van der Waals surface area contributed by atoms with Gasteiger partial charge in [0.05, 0.1) is 14.2 Å². The number of rotatable bonds is 7. The first-order valence-corrected chi connectivity index (χ1v) is 7.87. The second-order valence-electron chi connectivity index (χ2n) is 5.71. The van der Waals surface area contributed by atoms with E-state index in [0.717, 1.165) is 17.7 Å². The largest absolute Gasteiger partial charge is 0.493 e. The van der Waals surface area contributed by atoms with Gasteiger partial charge in [0.25, 0.3) is 0 Å². The van der Waals surface area contributed by atoms with Gasteiger partial charge in [-0.05, 0) is 36.2 Å². The number of amides is 1. The molecule has 1 N–H and O–H groups in total. The van der Waals surface area contributed by atoms with E-state index in [1.54, 1.807) is 33.3 Å². The summed E-state index contributed by atoms with van der Waals surface area (Å²) in [5.41, 5.74) is 0.756. The van der Waals surface area contributed by atoms with Gasteiger partial charge in [0.15, 0.2) is 11.5 Å². The van der Waals surface area contributed by atoms with Crippen LogP contribution in [-0.4, -0.2) is 20.1 Å². The lowest BCUT2D eigenvalue weighted by Gasteiger charge is -2.14. The molecule has 0 spiro atoms. The van der Waals surface area contributed by atoms with E-state index in [1.165, 1.54) is 6.07 Å². The van der Waals surface area contributed by atoms with Crippen molar-refractivity contribution < 1.29 is 23.0 Å². The highest BCUT2D eigenvalue weighted by molar-refractivity contribution is 5.78. The lowest BCUT2D eigenvalue weighted by atomic mass is 10.00. The molecule has 0 aliphatic heterocycles. The Hall–Kier alpha value is -2.63. The van der Waals surface area contributed by atoms with E-state index in [0.29, 0.717) is 17.9 Å². The van der Waals surface area contributed by atoms with Crippen molar-refractivity contribution in [2.45, 2.75) is 19.9 Å². The molecule has 0 heterocycles. The lowest BCUT2D eigenvalue weighted by molar-refractivity contribution is -0.124. The van der Waals surface area contributed by atoms with E-state index in [-0.39, 0.29) is 23.9 Å². The molecule has 0 aliphatic rings. The van der Waals surface area contributed by atoms with Crippen LogP contribution in [0.25, 0.3) is 0 Å². The molecule has 0 bridgehead atoms. The minimum absolute atomic E-state index is 0.144. The topological polar surface area (TPSA) is 47.6 Å². The fourth-order valence-corrected chi connectivity index (χ4v) is 2.50. The first-order chi connectivity index (χ1) is 12.0. The molecule has 25 heavy (non-hydrogen) atoms. The Morgan fingerprint density at radius 2 is 1.72 bits per heavy atom. The zero-order valence-corrected chi connectivity index (χ0v) is 14.4. The number of nitrogens with one attached hydrogen (secondary N) is 1. The van der Waals surface area contributed by atoms with Crippen molar-refractivity contribution in [3.05, 3.63) is 59.2 Å². The first kappa shape index (κ1) is 18.7. The van der Waals surface area contributed by atoms with Gasteiger partial charge in [-0.3, -0.25) is 4.79 Å². The summed E-state index contributed by atoms with van der Waals surface area (Å²) in [5, 5.41) is 2.58. The third-order valence-corrected chi connectivity index (χ3v) is 3.94. The predicted molar refractivity (Wildman–Crippen MR) is 90.6 cm³/mol. The molecule has 0 aliphatic carbocycles. The number of benzene rings is 2. The van der Waals surface area contributed by atoms with Gasteiger partial charge in [-0.25, -0.2) is 8.78 Å². The molecule has 0 saturated carbocycles. The smallest absolute Gasteiger partial charge is 0.223 e. The highest BCUT2D eigenvalue weighted by Crippen LogP contribution is 2.28. The summed E-state index contributed by atoms with van der Waals surface area (Å²) in [6.45, 7) is 1.57. The zero-order valence-electron chi connectivity index (χ0n) is 14.4. The van der Waals surface area contributed by atoms with Crippen molar-refractivity contribution in [2.75, 3.05) is 14.2 Å². The van der Waals surface area contributed by atoms with Gasteiger partial charge in [-0.1, -0.05) is 19.1 Å². The molecule has 134 valence electrons. The first-order valence-electron chi connectivity index (χ1n) is 7.87. The molecule has 2 rings (SSSR count). The fraction of sp³-hybridized carbons (Fsp3) is 0.316. The highest BCUT2D eigenvalue weighted by atomic mass is 19.1. The summed E-state index contributed by atoms with van der Waals surface area (Å²) in [4.78, 5) is 12.2. The van der Waals surface area contributed by atoms with Crippen LogP contribution in [0.3, 0.4) is 0 Å². The summed E-state index contributed by atoms with van der Waals surface area (Å²) < 4.78 is 37.6. The van der Waals surface area contributed by atoms with Crippen molar-refractivity contribution in [1.82, 2.24) is 5.32 Å². The van der Waals surface area contributed by atoms with E-state index >= 15 is 0 Å². The van der Waals surface area contributed by atoms with Gasteiger partial charge in [0, 0.05) is 18.0 Å². The van der Waals surface area contributed by atoms with Crippen molar-refractivity contribution in [1.29, 1.82) is 0 Å². The average molecular weight is 349 g/mol. The summed E-state index contributed by atoms with van der Waals surface area (Å²) in [5.74, 6) is -0.800. The number of methoxy groups -OCH3 is 2. The third kappa shape index (κ3) is 4.68. The SMILES string of the molecule is COc1ccc(CC(C)C(=O)NCc2c(F)cccc2F)cc1OC. The maximum absolute atomic E-state index is 13.6. The fourth-order valence-electron chi connectivity index (χ4n) is 2.50. The summed E-state index contributed by atoms with van der Waals surface area (Å²) >= 11 is 0. The summed E-state index contributed by atoms with van der Waals surface area (Å²) in [7, 11) is 3.09. The molecular weight excluding hydrogens is 328 g/mol. The van der Waals surface area contributed by atoms with Crippen molar-refractivity contribution in [3.8, 4) is 11.5 Å². The Labute approximate surface area is 145 Å². The molecule has 0 fully saturated rings. The Morgan fingerprint density at radius 3 is 2.32 bits per heavy atom. The Bertz CT molecular complexity index is 729. The summed E-state index contributed by atoms with van der Waals surface area (Å²) in [6.07, 6.45) is 0.464. The molecule has 2 aromatic carbocycles. The van der Waals surface area contributed by atoms with Crippen LogP contribution in [-0.2, 0) is 17.8 Å².